The maximum atomic E-state index is 12.3. The summed E-state index contributed by atoms with van der Waals surface area (Å²) >= 11 is 0. The molecule has 0 spiro atoms. The van der Waals surface area contributed by atoms with Gasteiger partial charge in [-0.3, -0.25) is 9.69 Å². The second-order valence-corrected chi connectivity index (χ2v) is 6.35. The van der Waals surface area contributed by atoms with Crippen LogP contribution in [0.4, 0.5) is 0 Å². The van der Waals surface area contributed by atoms with Gasteiger partial charge in [0.1, 0.15) is 0 Å². The Morgan fingerprint density at radius 2 is 2.14 bits per heavy atom. The summed E-state index contributed by atoms with van der Waals surface area (Å²) in [6.45, 7) is 5.00. The number of likely N-dealkylation sites (tertiary alicyclic amines) is 1. The van der Waals surface area contributed by atoms with Crippen molar-refractivity contribution in [3.8, 4) is 0 Å². The van der Waals surface area contributed by atoms with Gasteiger partial charge in [-0.25, -0.2) is 0 Å². The highest BCUT2D eigenvalue weighted by Gasteiger charge is 2.24. The van der Waals surface area contributed by atoms with Crippen LogP contribution >= 0.6 is 0 Å². The van der Waals surface area contributed by atoms with E-state index in [4.69, 9.17) is 0 Å². The predicted molar refractivity (Wildman–Crippen MR) is 86.7 cm³/mol. The number of hydrogen-bond acceptors (Lipinski definition) is 3. The molecule has 2 aromatic rings. The van der Waals surface area contributed by atoms with Crippen molar-refractivity contribution in [2.75, 3.05) is 27.2 Å². The number of likely N-dealkylation sites (N-methyl/N-ethyl adjacent to an activating group) is 1. The summed E-state index contributed by atoms with van der Waals surface area (Å²) in [6.07, 6.45) is 1.20. The molecule has 0 saturated carbocycles. The minimum Gasteiger partial charge on any atom is -0.357 e. The summed E-state index contributed by atoms with van der Waals surface area (Å²) in [5.74, 6) is 0. The van der Waals surface area contributed by atoms with Crippen molar-refractivity contribution in [1.82, 2.24) is 14.8 Å². The lowest BCUT2D eigenvalue weighted by Gasteiger charge is -2.20. The number of nitrogens with one attached hydrogen (secondary N) is 1. The summed E-state index contributed by atoms with van der Waals surface area (Å²) < 4.78 is 0. The summed E-state index contributed by atoms with van der Waals surface area (Å²) in [6, 6.07) is 8.38. The molecule has 3 rings (SSSR count). The normalized spacial score (nSPS) is 19.7. The monoisotopic (exact) mass is 285 g/mol. The van der Waals surface area contributed by atoms with E-state index in [2.05, 4.69) is 28.9 Å². The summed E-state index contributed by atoms with van der Waals surface area (Å²) in [5, 5.41) is 0.784. The Morgan fingerprint density at radius 1 is 1.33 bits per heavy atom. The Labute approximate surface area is 125 Å². The summed E-state index contributed by atoms with van der Waals surface area (Å²) in [7, 11) is 4.27. The van der Waals surface area contributed by atoms with E-state index in [1.807, 2.05) is 25.1 Å². The van der Waals surface area contributed by atoms with E-state index in [9.17, 15) is 4.79 Å². The lowest BCUT2D eigenvalue weighted by atomic mass is 10.1. The first-order valence-corrected chi connectivity index (χ1v) is 7.54. The molecule has 1 aromatic heterocycles. The molecular weight excluding hydrogens is 262 g/mol. The van der Waals surface area contributed by atoms with Crippen LogP contribution in [0.1, 0.15) is 17.7 Å². The number of pyridine rings is 1. The van der Waals surface area contributed by atoms with Crippen LogP contribution in [0.5, 0.6) is 0 Å². The Kier molecular flexibility index (Phi) is 3.83. The SMILES string of the molecule is Cc1ccc2[nH]c(CN3CCC(N(C)C)C3)cc(=O)c2c1. The van der Waals surface area contributed by atoms with Crippen molar-refractivity contribution >= 4 is 10.9 Å². The van der Waals surface area contributed by atoms with Gasteiger partial charge in [-0.05, 0) is 39.6 Å². The number of fused-ring (bicyclic) bond motifs is 1. The first kappa shape index (κ1) is 14.3. The fourth-order valence-corrected chi connectivity index (χ4v) is 3.12. The highest BCUT2D eigenvalue weighted by Crippen LogP contribution is 2.16. The third kappa shape index (κ3) is 3.01. The minimum atomic E-state index is 0.116. The van der Waals surface area contributed by atoms with Gasteiger partial charge in [0.25, 0.3) is 0 Å². The van der Waals surface area contributed by atoms with Gasteiger partial charge >= 0.3 is 0 Å². The largest absolute Gasteiger partial charge is 0.357 e. The van der Waals surface area contributed by atoms with E-state index < -0.39 is 0 Å². The fraction of sp³-hybridized carbons (Fsp3) is 0.471. The molecule has 1 aliphatic rings. The molecular formula is C17H23N3O. The molecule has 0 radical (unpaired) electrons. The van der Waals surface area contributed by atoms with Crippen LogP contribution in [-0.4, -0.2) is 48.0 Å². The molecule has 1 unspecified atom stereocenters. The molecule has 4 heteroatoms. The molecule has 4 nitrogen and oxygen atoms in total. The van der Waals surface area contributed by atoms with Crippen LogP contribution < -0.4 is 5.43 Å². The average Bonchev–Trinajstić information content (AvgIpc) is 2.88. The number of nitrogens with zero attached hydrogens (tertiary/aromatic N) is 2. The van der Waals surface area contributed by atoms with Crippen molar-refractivity contribution in [3.63, 3.8) is 0 Å². The zero-order valence-corrected chi connectivity index (χ0v) is 13.0. The molecule has 1 fully saturated rings. The van der Waals surface area contributed by atoms with Crippen LogP contribution in [-0.2, 0) is 6.54 Å². The standard InChI is InChI=1S/C17H23N3O/c1-12-4-5-16-15(8-12)17(21)9-13(18-16)10-20-7-6-14(11-20)19(2)3/h4-5,8-9,14H,6-7,10-11H2,1-3H3,(H,18,21). The van der Waals surface area contributed by atoms with Gasteiger partial charge < -0.3 is 9.88 Å². The number of H-pyrrole nitrogens is 1. The predicted octanol–water partition coefficient (Wildman–Crippen LogP) is 1.97. The first-order chi connectivity index (χ1) is 10.0. The fourth-order valence-electron chi connectivity index (χ4n) is 3.12. The second-order valence-electron chi connectivity index (χ2n) is 6.35. The number of benzene rings is 1. The highest BCUT2D eigenvalue weighted by atomic mass is 16.1. The van der Waals surface area contributed by atoms with E-state index in [0.717, 1.165) is 41.8 Å². The van der Waals surface area contributed by atoms with E-state index >= 15 is 0 Å². The maximum absolute atomic E-state index is 12.3. The Bertz CT molecular complexity index is 705. The highest BCUT2D eigenvalue weighted by molar-refractivity contribution is 5.79. The number of rotatable bonds is 3. The Hall–Kier alpha value is -1.65. The third-order valence-corrected chi connectivity index (χ3v) is 4.41. The molecule has 0 bridgehead atoms. The third-order valence-electron chi connectivity index (χ3n) is 4.41. The van der Waals surface area contributed by atoms with Crippen molar-refractivity contribution in [2.24, 2.45) is 0 Å². The van der Waals surface area contributed by atoms with Gasteiger partial charge in [-0.15, -0.1) is 0 Å². The van der Waals surface area contributed by atoms with Gasteiger partial charge in [0.05, 0.1) is 0 Å². The summed E-state index contributed by atoms with van der Waals surface area (Å²) in [5.41, 5.74) is 3.18. The molecule has 1 aliphatic heterocycles. The molecule has 0 amide bonds. The quantitative estimate of drug-likeness (QED) is 0.937. The van der Waals surface area contributed by atoms with E-state index in [1.54, 1.807) is 6.07 Å². The summed E-state index contributed by atoms with van der Waals surface area (Å²) in [4.78, 5) is 20.4. The first-order valence-electron chi connectivity index (χ1n) is 7.54. The lowest BCUT2D eigenvalue weighted by molar-refractivity contribution is 0.263. The smallest absolute Gasteiger partial charge is 0.189 e. The average molecular weight is 285 g/mol. The maximum Gasteiger partial charge on any atom is 0.189 e. The van der Waals surface area contributed by atoms with E-state index in [1.165, 1.54) is 6.42 Å². The van der Waals surface area contributed by atoms with Gasteiger partial charge in [0.2, 0.25) is 0 Å². The molecule has 112 valence electrons. The number of hydrogen-bond donors (Lipinski definition) is 1. The van der Waals surface area contributed by atoms with Crippen LogP contribution in [0.2, 0.25) is 0 Å². The zero-order valence-electron chi connectivity index (χ0n) is 13.0. The molecule has 0 aliphatic carbocycles. The number of aryl methyl sites for hydroxylation is 1. The van der Waals surface area contributed by atoms with Gasteiger partial charge in [0, 0.05) is 48.3 Å². The van der Waals surface area contributed by atoms with Crippen LogP contribution in [0.15, 0.2) is 29.1 Å². The van der Waals surface area contributed by atoms with Gasteiger partial charge in [0.15, 0.2) is 5.43 Å². The van der Waals surface area contributed by atoms with E-state index in [-0.39, 0.29) is 5.43 Å². The molecule has 1 atom stereocenters. The van der Waals surface area contributed by atoms with Crippen LogP contribution in [0, 0.1) is 6.92 Å². The second kappa shape index (κ2) is 5.62. The zero-order chi connectivity index (χ0) is 15.0. The molecule has 1 aromatic carbocycles. The van der Waals surface area contributed by atoms with Crippen molar-refractivity contribution < 1.29 is 0 Å². The van der Waals surface area contributed by atoms with Crippen molar-refractivity contribution in [3.05, 3.63) is 45.7 Å². The van der Waals surface area contributed by atoms with Crippen molar-refractivity contribution in [1.29, 1.82) is 0 Å². The molecule has 1 N–H and O–H groups in total. The van der Waals surface area contributed by atoms with Gasteiger partial charge in [-0.1, -0.05) is 11.6 Å². The number of aromatic nitrogens is 1. The molecule has 1 saturated heterocycles. The van der Waals surface area contributed by atoms with Crippen LogP contribution in [0.3, 0.4) is 0 Å². The minimum absolute atomic E-state index is 0.116. The molecule has 2 heterocycles. The van der Waals surface area contributed by atoms with Crippen molar-refractivity contribution in [2.45, 2.75) is 25.9 Å². The molecule has 21 heavy (non-hydrogen) atoms. The lowest BCUT2D eigenvalue weighted by Crippen LogP contribution is -2.31. The Morgan fingerprint density at radius 3 is 2.86 bits per heavy atom. The van der Waals surface area contributed by atoms with Gasteiger partial charge in [-0.2, -0.15) is 0 Å². The topological polar surface area (TPSA) is 39.3 Å². The Balaban J connectivity index is 1.82. The van der Waals surface area contributed by atoms with E-state index in [0.29, 0.717) is 6.04 Å². The number of aromatic amines is 1. The van der Waals surface area contributed by atoms with Crippen LogP contribution in [0.25, 0.3) is 10.9 Å².